The zero-order valence-electron chi connectivity index (χ0n) is 24.3. The number of carbonyl (C=O) groups excluding carboxylic acids is 1. The summed E-state index contributed by atoms with van der Waals surface area (Å²) < 4.78 is 38.2. The molecule has 3 heterocycles. The van der Waals surface area contributed by atoms with Crippen LogP contribution in [0.1, 0.15) is 55.5 Å². The first-order chi connectivity index (χ1) is 20.5. The van der Waals surface area contributed by atoms with Gasteiger partial charge in [0.1, 0.15) is 17.4 Å². The smallest absolute Gasteiger partial charge is 0.254 e. The molecule has 222 valence electrons. The number of halogens is 2. The van der Waals surface area contributed by atoms with E-state index < -0.39 is 17.2 Å². The van der Waals surface area contributed by atoms with Crippen molar-refractivity contribution in [1.29, 1.82) is 5.26 Å². The summed E-state index contributed by atoms with van der Waals surface area (Å²) in [5.41, 5.74) is 7.21. The fraction of sp³-hybridized carbons (Fsp3) is 0.364. The van der Waals surface area contributed by atoms with Gasteiger partial charge in [0.05, 0.1) is 31.0 Å². The second-order valence-corrected chi connectivity index (χ2v) is 12.2. The number of methoxy groups -OCH3 is 1. The summed E-state index contributed by atoms with van der Waals surface area (Å²) in [6.07, 6.45) is 4.88. The maximum atomic E-state index is 16.3. The van der Waals surface area contributed by atoms with E-state index in [1.54, 1.807) is 50.4 Å². The van der Waals surface area contributed by atoms with E-state index in [2.05, 4.69) is 5.10 Å². The van der Waals surface area contributed by atoms with Crippen molar-refractivity contribution in [3.8, 4) is 34.1 Å². The Kier molecular flexibility index (Phi) is 7.19. The molecule has 6 rings (SSSR count). The molecule has 1 unspecified atom stereocenters. The van der Waals surface area contributed by atoms with Crippen LogP contribution in [-0.2, 0) is 6.54 Å². The topological polar surface area (TPSA) is 117 Å². The van der Waals surface area contributed by atoms with Crippen LogP contribution in [0.15, 0.2) is 48.7 Å². The number of aliphatic hydroxyl groups is 1. The van der Waals surface area contributed by atoms with Crippen LogP contribution in [0.4, 0.5) is 8.78 Å². The predicted octanol–water partition coefficient (Wildman–Crippen LogP) is 5.39. The van der Waals surface area contributed by atoms with Gasteiger partial charge < -0.3 is 20.5 Å². The van der Waals surface area contributed by atoms with Crippen molar-refractivity contribution in [3.05, 3.63) is 71.4 Å². The van der Waals surface area contributed by atoms with Crippen molar-refractivity contribution in [3.63, 3.8) is 0 Å². The largest absolute Gasteiger partial charge is 0.491 e. The number of rotatable bonds is 6. The molecule has 0 aliphatic carbocycles. The molecule has 8 nitrogen and oxygen atoms in total. The van der Waals surface area contributed by atoms with Crippen LogP contribution < -0.4 is 10.5 Å². The van der Waals surface area contributed by atoms with Crippen molar-refractivity contribution in [2.75, 3.05) is 7.11 Å². The molecule has 2 aliphatic rings. The van der Waals surface area contributed by atoms with Crippen LogP contribution >= 0.6 is 0 Å². The van der Waals surface area contributed by atoms with Crippen molar-refractivity contribution in [2.45, 2.75) is 69.8 Å². The molecule has 3 aromatic carbocycles. The Bertz CT molecular complexity index is 1770. The summed E-state index contributed by atoms with van der Waals surface area (Å²) in [6, 6.07) is 12.9. The predicted molar refractivity (Wildman–Crippen MR) is 158 cm³/mol. The molecule has 2 saturated heterocycles. The van der Waals surface area contributed by atoms with Crippen molar-refractivity contribution in [1.82, 2.24) is 14.7 Å². The highest BCUT2D eigenvalue weighted by atomic mass is 19.1. The van der Waals surface area contributed by atoms with Gasteiger partial charge in [-0.05, 0) is 86.6 Å². The first-order valence-electron chi connectivity index (χ1n) is 14.4. The number of benzene rings is 3. The van der Waals surface area contributed by atoms with E-state index in [0.29, 0.717) is 33.2 Å². The van der Waals surface area contributed by atoms with E-state index >= 15 is 4.39 Å². The summed E-state index contributed by atoms with van der Waals surface area (Å²) in [5, 5.41) is 24.6. The number of hydrogen-bond donors (Lipinski definition) is 2. The highest BCUT2D eigenvalue weighted by Gasteiger charge is 2.42. The van der Waals surface area contributed by atoms with Gasteiger partial charge in [-0.25, -0.2) is 8.78 Å². The molecule has 1 amide bonds. The molecule has 2 fully saturated rings. The van der Waals surface area contributed by atoms with Gasteiger partial charge >= 0.3 is 0 Å². The van der Waals surface area contributed by atoms with Crippen LogP contribution in [0, 0.1) is 23.0 Å². The minimum Gasteiger partial charge on any atom is -0.491 e. The van der Waals surface area contributed by atoms with Gasteiger partial charge in [-0.15, -0.1) is 0 Å². The van der Waals surface area contributed by atoms with Gasteiger partial charge in [0, 0.05) is 34.6 Å². The first kappa shape index (κ1) is 28.8. The molecule has 3 N–H and O–H groups in total. The third kappa shape index (κ3) is 5.13. The zero-order chi connectivity index (χ0) is 30.6. The third-order valence-corrected chi connectivity index (χ3v) is 8.52. The number of hydrogen-bond acceptors (Lipinski definition) is 6. The van der Waals surface area contributed by atoms with E-state index in [1.807, 2.05) is 11.0 Å². The SMILES string of the molecule is COc1c(F)c(-c2ccc(C(=O)N3[C@@H]4CC[C@H]3CC(N)C4)cc2-c2ccc(C#N)c(F)c2)cc2cnn(CC(C)(C)O)c12. The molecule has 0 spiro atoms. The van der Waals surface area contributed by atoms with Crippen molar-refractivity contribution in [2.24, 2.45) is 5.73 Å². The number of aromatic nitrogens is 2. The average molecular weight is 586 g/mol. The lowest BCUT2D eigenvalue weighted by Crippen LogP contribution is -2.50. The molecule has 43 heavy (non-hydrogen) atoms. The quantitative estimate of drug-likeness (QED) is 0.313. The number of piperidine rings is 1. The van der Waals surface area contributed by atoms with E-state index in [1.165, 1.54) is 23.9 Å². The number of carbonyl (C=O) groups is 1. The lowest BCUT2D eigenvalue weighted by atomic mass is 9.90. The van der Waals surface area contributed by atoms with E-state index in [0.717, 1.165) is 25.7 Å². The molecule has 0 saturated carbocycles. The summed E-state index contributed by atoms with van der Waals surface area (Å²) in [5.74, 6) is -1.56. The standard InChI is InChI=1S/C33H33F2N5O3/c1-33(2,42)17-39-30-21(16-38-39)11-27(29(35)31(30)43-3)25-9-6-19(10-26(25)18-4-5-20(15-36)28(34)12-18)32(41)40-23-7-8-24(40)14-22(37)13-23/h4-6,9-12,16,22-24,42H,7-8,13-14,17,37H2,1-3H3/t22?,23-,24+. The fourth-order valence-electron chi connectivity index (χ4n) is 6.69. The lowest BCUT2D eigenvalue weighted by molar-refractivity contribution is 0.0572. The minimum absolute atomic E-state index is 0.0485. The number of nitrogens with two attached hydrogens (primary N) is 1. The summed E-state index contributed by atoms with van der Waals surface area (Å²) >= 11 is 0. The Labute approximate surface area is 248 Å². The summed E-state index contributed by atoms with van der Waals surface area (Å²) in [7, 11) is 1.36. The minimum atomic E-state index is -1.10. The third-order valence-electron chi connectivity index (χ3n) is 8.52. The summed E-state index contributed by atoms with van der Waals surface area (Å²) in [6.45, 7) is 3.38. The van der Waals surface area contributed by atoms with Gasteiger partial charge in [-0.2, -0.15) is 10.4 Å². The second-order valence-electron chi connectivity index (χ2n) is 12.2. The van der Waals surface area contributed by atoms with Gasteiger partial charge in [0.15, 0.2) is 11.6 Å². The average Bonchev–Trinajstić information content (AvgIpc) is 3.48. The van der Waals surface area contributed by atoms with Crippen LogP contribution in [0.2, 0.25) is 0 Å². The number of amides is 1. The Balaban J connectivity index is 1.52. The Morgan fingerprint density at radius 1 is 1.12 bits per heavy atom. The maximum Gasteiger partial charge on any atom is 0.254 e. The monoisotopic (exact) mass is 585 g/mol. The van der Waals surface area contributed by atoms with Gasteiger partial charge in [0.25, 0.3) is 5.91 Å². The molecule has 2 aliphatic heterocycles. The van der Waals surface area contributed by atoms with Crippen LogP contribution in [0.3, 0.4) is 0 Å². The molecule has 10 heteroatoms. The van der Waals surface area contributed by atoms with Gasteiger partial charge in [0.2, 0.25) is 0 Å². The zero-order valence-corrected chi connectivity index (χ0v) is 24.3. The van der Waals surface area contributed by atoms with Crippen molar-refractivity contribution < 1.29 is 23.4 Å². The Morgan fingerprint density at radius 3 is 2.47 bits per heavy atom. The van der Waals surface area contributed by atoms with Gasteiger partial charge in [-0.3, -0.25) is 9.48 Å². The second kappa shape index (κ2) is 10.7. The Morgan fingerprint density at radius 2 is 1.84 bits per heavy atom. The number of nitrogens with zero attached hydrogens (tertiary/aromatic N) is 4. The molecular weight excluding hydrogens is 552 g/mol. The molecule has 3 atom stereocenters. The number of ether oxygens (including phenoxy) is 1. The molecule has 1 aromatic heterocycles. The highest BCUT2D eigenvalue weighted by Crippen LogP contribution is 2.42. The lowest BCUT2D eigenvalue weighted by Gasteiger charge is -2.38. The molecule has 0 radical (unpaired) electrons. The van der Waals surface area contributed by atoms with Crippen LogP contribution in [0.25, 0.3) is 33.2 Å². The Hall–Kier alpha value is -4.33. The van der Waals surface area contributed by atoms with Crippen LogP contribution in [-0.4, -0.2) is 56.5 Å². The van der Waals surface area contributed by atoms with E-state index in [4.69, 9.17) is 10.5 Å². The van der Waals surface area contributed by atoms with Crippen LogP contribution in [0.5, 0.6) is 5.75 Å². The molecule has 4 aromatic rings. The molecule has 2 bridgehead atoms. The van der Waals surface area contributed by atoms with E-state index in [9.17, 15) is 19.6 Å². The van der Waals surface area contributed by atoms with Gasteiger partial charge in [-0.1, -0.05) is 12.1 Å². The highest BCUT2D eigenvalue weighted by molar-refractivity contribution is 6.00. The number of nitriles is 1. The fourth-order valence-corrected chi connectivity index (χ4v) is 6.69. The maximum absolute atomic E-state index is 16.3. The molecular formula is C33H33F2N5O3. The van der Waals surface area contributed by atoms with Crippen molar-refractivity contribution >= 4 is 16.8 Å². The normalized spacial score (nSPS) is 20.0. The summed E-state index contributed by atoms with van der Waals surface area (Å²) in [4.78, 5) is 15.8. The first-order valence-corrected chi connectivity index (χ1v) is 14.4. The van der Waals surface area contributed by atoms with E-state index in [-0.39, 0.29) is 47.5 Å². The number of fused-ring (bicyclic) bond motifs is 3.